The predicted molar refractivity (Wildman–Crippen MR) is 59.4 cm³/mol. The number of thioether (sulfide) groups is 1. The van der Waals surface area contributed by atoms with Crippen LogP contribution in [0.1, 0.15) is 20.3 Å². The Bertz CT molecular complexity index is 263. The van der Waals surface area contributed by atoms with Crippen LogP contribution in [0.5, 0.6) is 0 Å². The van der Waals surface area contributed by atoms with Crippen LogP contribution in [0.25, 0.3) is 0 Å². The van der Waals surface area contributed by atoms with E-state index in [1.807, 2.05) is 30.9 Å². The van der Waals surface area contributed by atoms with Gasteiger partial charge in [-0.15, -0.1) is 11.8 Å². The first-order chi connectivity index (χ1) is 6.26. The molecule has 1 heterocycles. The summed E-state index contributed by atoms with van der Waals surface area (Å²) < 4.78 is 0. The van der Waals surface area contributed by atoms with Crippen LogP contribution in [0.4, 0.5) is 5.82 Å². The zero-order valence-corrected chi connectivity index (χ0v) is 9.19. The average Bonchev–Trinajstić information content (AvgIpc) is 2.18. The van der Waals surface area contributed by atoms with Gasteiger partial charge in [0.25, 0.3) is 0 Å². The van der Waals surface area contributed by atoms with Gasteiger partial charge in [0.15, 0.2) is 0 Å². The van der Waals surface area contributed by atoms with E-state index in [1.165, 1.54) is 6.42 Å². The van der Waals surface area contributed by atoms with E-state index in [2.05, 4.69) is 30.2 Å². The number of nitrogens with one attached hydrogen (secondary N) is 1. The molecular formula is C10H16N2S. The maximum atomic E-state index is 4.43. The zero-order chi connectivity index (χ0) is 9.68. The predicted octanol–water partition coefficient (Wildman–Crippen LogP) is 3.01. The fraction of sp³-hybridized carbons (Fsp3) is 0.500. The van der Waals surface area contributed by atoms with Crippen LogP contribution < -0.4 is 5.32 Å². The molecule has 2 nitrogen and oxygen atoms in total. The highest BCUT2D eigenvalue weighted by Gasteiger charge is 2.02. The molecule has 0 spiro atoms. The third-order valence-electron chi connectivity index (χ3n) is 1.88. The SMILES string of the molecule is CCC(C)Sc1cccc(NC)n1. The Balaban J connectivity index is 2.66. The third-order valence-corrected chi connectivity index (χ3v) is 3.08. The molecule has 0 fully saturated rings. The molecule has 0 aromatic carbocycles. The first kappa shape index (κ1) is 10.4. The number of hydrogen-bond donors (Lipinski definition) is 1. The van der Waals surface area contributed by atoms with E-state index in [9.17, 15) is 0 Å². The number of hydrogen-bond acceptors (Lipinski definition) is 3. The van der Waals surface area contributed by atoms with Crippen molar-refractivity contribution in [3.05, 3.63) is 18.2 Å². The summed E-state index contributed by atoms with van der Waals surface area (Å²) >= 11 is 1.82. The molecule has 1 aromatic heterocycles. The lowest BCUT2D eigenvalue weighted by molar-refractivity contribution is 0.901. The Morgan fingerprint density at radius 1 is 1.54 bits per heavy atom. The van der Waals surface area contributed by atoms with Gasteiger partial charge in [0.1, 0.15) is 5.82 Å². The van der Waals surface area contributed by atoms with Crippen molar-refractivity contribution in [3.8, 4) is 0 Å². The average molecular weight is 196 g/mol. The minimum absolute atomic E-state index is 0.639. The van der Waals surface area contributed by atoms with Crippen molar-refractivity contribution < 1.29 is 0 Å². The minimum atomic E-state index is 0.639. The Hall–Kier alpha value is -0.700. The van der Waals surface area contributed by atoms with Gasteiger partial charge in [-0.1, -0.05) is 19.9 Å². The summed E-state index contributed by atoms with van der Waals surface area (Å²) in [7, 11) is 1.89. The summed E-state index contributed by atoms with van der Waals surface area (Å²) in [6.45, 7) is 4.41. The molecule has 1 atom stereocenters. The quantitative estimate of drug-likeness (QED) is 0.749. The van der Waals surface area contributed by atoms with Crippen molar-refractivity contribution in [1.29, 1.82) is 0 Å². The maximum absolute atomic E-state index is 4.43. The van der Waals surface area contributed by atoms with E-state index in [1.54, 1.807) is 0 Å². The van der Waals surface area contributed by atoms with Crippen molar-refractivity contribution >= 4 is 17.6 Å². The number of pyridine rings is 1. The molecular weight excluding hydrogens is 180 g/mol. The van der Waals surface area contributed by atoms with Crippen LogP contribution in [-0.4, -0.2) is 17.3 Å². The minimum Gasteiger partial charge on any atom is -0.373 e. The van der Waals surface area contributed by atoms with E-state index >= 15 is 0 Å². The zero-order valence-electron chi connectivity index (χ0n) is 8.37. The van der Waals surface area contributed by atoms with Gasteiger partial charge >= 0.3 is 0 Å². The molecule has 0 aliphatic carbocycles. The summed E-state index contributed by atoms with van der Waals surface area (Å²) in [5, 5.41) is 4.77. The molecule has 1 N–H and O–H groups in total. The van der Waals surface area contributed by atoms with Gasteiger partial charge in [-0.05, 0) is 18.6 Å². The van der Waals surface area contributed by atoms with Crippen LogP contribution in [0.2, 0.25) is 0 Å². The molecule has 1 aromatic rings. The second kappa shape index (κ2) is 5.12. The fourth-order valence-electron chi connectivity index (χ4n) is 0.909. The molecule has 0 saturated heterocycles. The topological polar surface area (TPSA) is 24.9 Å². The van der Waals surface area contributed by atoms with Crippen molar-refractivity contribution in [2.24, 2.45) is 0 Å². The first-order valence-corrected chi connectivity index (χ1v) is 5.45. The molecule has 0 amide bonds. The first-order valence-electron chi connectivity index (χ1n) is 4.57. The van der Waals surface area contributed by atoms with Crippen LogP contribution in [-0.2, 0) is 0 Å². The van der Waals surface area contributed by atoms with Gasteiger partial charge < -0.3 is 5.32 Å². The van der Waals surface area contributed by atoms with Crippen molar-refractivity contribution in [3.63, 3.8) is 0 Å². The van der Waals surface area contributed by atoms with Crippen LogP contribution in [0, 0.1) is 0 Å². The lowest BCUT2D eigenvalue weighted by Gasteiger charge is -2.07. The Morgan fingerprint density at radius 3 is 2.92 bits per heavy atom. The van der Waals surface area contributed by atoms with E-state index in [0.29, 0.717) is 5.25 Å². The highest BCUT2D eigenvalue weighted by atomic mass is 32.2. The lowest BCUT2D eigenvalue weighted by atomic mass is 10.4. The number of anilines is 1. The monoisotopic (exact) mass is 196 g/mol. The van der Waals surface area contributed by atoms with Crippen LogP contribution in [0.3, 0.4) is 0 Å². The second-order valence-corrected chi connectivity index (χ2v) is 4.41. The summed E-state index contributed by atoms with van der Waals surface area (Å²) in [6, 6.07) is 6.06. The number of aromatic nitrogens is 1. The molecule has 1 rings (SSSR count). The van der Waals surface area contributed by atoms with Crippen molar-refractivity contribution in [2.75, 3.05) is 12.4 Å². The molecule has 0 bridgehead atoms. The van der Waals surface area contributed by atoms with Crippen molar-refractivity contribution in [1.82, 2.24) is 4.98 Å². The highest BCUT2D eigenvalue weighted by molar-refractivity contribution is 7.99. The molecule has 0 aliphatic heterocycles. The standard InChI is InChI=1S/C10H16N2S/c1-4-8(2)13-10-7-5-6-9(11-3)12-10/h5-8H,4H2,1-3H3,(H,11,12). The third kappa shape index (κ3) is 3.27. The summed E-state index contributed by atoms with van der Waals surface area (Å²) in [6.07, 6.45) is 1.18. The van der Waals surface area contributed by atoms with Crippen LogP contribution in [0.15, 0.2) is 23.2 Å². The molecule has 3 heteroatoms. The Kier molecular flexibility index (Phi) is 4.09. The van der Waals surface area contributed by atoms with E-state index in [4.69, 9.17) is 0 Å². The van der Waals surface area contributed by atoms with Gasteiger partial charge in [-0.25, -0.2) is 4.98 Å². The van der Waals surface area contributed by atoms with E-state index < -0.39 is 0 Å². The van der Waals surface area contributed by atoms with E-state index in [0.717, 1.165) is 10.8 Å². The molecule has 1 unspecified atom stereocenters. The van der Waals surface area contributed by atoms with Gasteiger partial charge in [-0.2, -0.15) is 0 Å². The smallest absolute Gasteiger partial charge is 0.126 e. The molecule has 72 valence electrons. The molecule has 0 aliphatic rings. The summed E-state index contributed by atoms with van der Waals surface area (Å²) in [4.78, 5) is 4.43. The highest BCUT2D eigenvalue weighted by Crippen LogP contribution is 2.23. The molecule has 13 heavy (non-hydrogen) atoms. The molecule has 0 saturated carbocycles. The van der Waals surface area contributed by atoms with Crippen molar-refractivity contribution in [2.45, 2.75) is 30.5 Å². The fourth-order valence-corrected chi connectivity index (χ4v) is 1.80. The normalized spacial score (nSPS) is 12.5. The molecule has 0 radical (unpaired) electrons. The van der Waals surface area contributed by atoms with E-state index in [-0.39, 0.29) is 0 Å². The maximum Gasteiger partial charge on any atom is 0.126 e. The number of rotatable bonds is 4. The summed E-state index contributed by atoms with van der Waals surface area (Å²) in [5.41, 5.74) is 0. The van der Waals surface area contributed by atoms with Crippen LogP contribution >= 0.6 is 11.8 Å². The Labute approximate surface area is 84.1 Å². The van der Waals surface area contributed by atoms with Gasteiger partial charge in [0.2, 0.25) is 0 Å². The second-order valence-electron chi connectivity index (χ2n) is 2.95. The van der Waals surface area contributed by atoms with Gasteiger partial charge in [-0.3, -0.25) is 0 Å². The largest absolute Gasteiger partial charge is 0.373 e. The lowest BCUT2D eigenvalue weighted by Crippen LogP contribution is -1.96. The summed E-state index contributed by atoms with van der Waals surface area (Å²) in [5.74, 6) is 0.938. The van der Waals surface area contributed by atoms with Gasteiger partial charge in [0, 0.05) is 12.3 Å². The van der Waals surface area contributed by atoms with Gasteiger partial charge in [0.05, 0.1) is 5.03 Å². The number of nitrogens with zero attached hydrogens (tertiary/aromatic N) is 1. The Morgan fingerprint density at radius 2 is 2.31 bits per heavy atom.